The molecule has 0 aliphatic heterocycles. The quantitative estimate of drug-likeness (QED) is 0.779. The Morgan fingerprint density at radius 2 is 1.79 bits per heavy atom. The number of benzene rings is 2. The van der Waals surface area contributed by atoms with Crippen molar-refractivity contribution in [1.82, 2.24) is 0 Å². The van der Waals surface area contributed by atoms with Crippen LogP contribution in [0.2, 0.25) is 0 Å². The van der Waals surface area contributed by atoms with E-state index in [9.17, 15) is 9.90 Å². The van der Waals surface area contributed by atoms with Crippen molar-refractivity contribution in [3.05, 3.63) is 82.0 Å². The lowest BCUT2D eigenvalue weighted by atomic mass is 10.1. The van der Waals surface area contributed by atoms with Gasteiger partial charge in [0.1, 0.15) is 5.75 Å². The minimum atomic E-state index is -0.103. The number of nitrogens with zero attached hydrogens (tertiary/aromatic N) is 2. The second kappa shape index (κ2) is 6.99. The number of anilines is 1. The summed E-state index contributed by atoms with van der Waals surface area (Å²) in [4.78, 5) is 14.5. The summed E-state index contributed by atoms with van der Waals surface area (Å²) in [6.07, 6.45) is 0. The summed E-state index contributed by atoms with van der Waals surface area (Å²) in [7, 11) is 0. The molecule has 0 atom stereocenters. The number of nitriles is 1. The van der Waals surface area contributed by atoms with Crippen molar-refractivity contribution in [2.45, 2.75) is 6.54 Å². The lowest BCUT2D eigenvalue weighted by Gasteiger charge is -2.23. The number of phenols is 1. The smallest absolute Gasteiger partial charge is 0.259 e. The van der Waals surface area contributed by atoms with E-state index in [2.05, 4.69) is 6.07 Å². The average molecular weight is 334 g/mol. The minimum absolute atomic E-state index is 0.103. The van der Waals surface area contributed by atoms with Crippen LogP contribution in [-0.4, -0.2) is 11.0 Å². The van der Waals surface area contributed by atoms with Crippen molar-refractivity contribution >= 4 is 22.9 Å². The van der Waals surface area contributed by atoms with E-state index in [1.54, 1.807) is 59.5 Å². The highest BCUT2D eigenvalue weighted by molar-refractivity contribution is 7.08. The number of amides is 1. The molecular weight excluding hydrogens is 320 g/mol. The van der Waals surface area contributed by atoms with E-state index in [1.807, 2.05) is 10.8 Å². The topological polar surface area (TPSA) is 64.3 Å². The maximum absolute atomic E-state index is 12.9. The summed E-state index contributed by atoms with van der Waals surface area (Å²) in [5, 5.41) is 22.0. The number of carbonyl (C=O) groups excluding carboxylic acids is 1. The number of rotatable bonds is 4. The molecule has 1 N–H and O–H groups in total. The average Bonchev–Trinajstić information content (AvgIpc) is 3.15. The summed E-state index contributed by atoms with van der Waals surface area (Å²) >= 11 is 1.47. The van der Waals surface area contributed by atoms with Crippen LogP contribution in [0.15, 0.2) is 65.4 Å². The van der Waals surface area contributed by atoms with Crippen molar-refractivity contribution in [3.8, 4) is 11.8 Å². The summed E-state index contributed by atoms with van der Waals surface area (Å²) in [5.74, 6) is 0.0851. The molecule has 0 saturated heterocycles. The SMILES string of the molecule is N#Cc1ccc(N(Cc2ccc(O)cc2)C(=O)c2ccsc2)cc1. The van der Waals surface area contributed by atoms with Crippen LogP contribution in [0.5, 0.6) is 5.75 Å². The van der Waals surface area contributed by atoms with E-state index in [0.29, 0.717) is 17.7 Å². The number of hydrogen-bond acceptors (Lipinski definition) is 4. The Labute approximate surface area is 143 Å². The van der Waals surface area contributed by atoms with Crippen LogP contribution in [0.4, 0.5) is 5.69 Å². The molecule has 0 aliphatic carbocycles. The van der Waals surface area contributed by atoms with Crippen LogP contribution in [0.1, 0.15) is 21.5 Å². The first-order valence-electron chi connectivity index (χ1n) is 7.29. The van der Waals surface area contributed by atoms with E-state index < -0.39 is 0 Å². The van der Waals surface area contributed by atoms with Crippen LogP contribution in [-0.2, 0) is 6.54 Å². The highest BCUT2D eigenvalue weighted by atomic mass is 32.1. The van der Waals surface area contributed by atoms with Crippen molar-refractivity contribution in [3.63, 3.8) is 0 Å². The Hall–Kier alpha value is -3.10. The van der Waals surface area contributed by atoms with Crippen molar-refractivity contribution < 1.29 is 9.90 Å². The van der Waals surface area contributed by atoms with Gasteiger partial charge in [0.25, 0.3) is 5.91 Å². The maximum Gasteiger partial charge on any atom is 0.259 e. The second-order valence-electron chi connectivity index (χ2n) is 5.23. The van der Waals surface area contributed by atoms with Gasteiger partial charge >= 0.3 is 0 Å². The molecule has 0 saturated carbocycles. The first-order valence-corrected chi connectivity index (χ1v) is 8.24. The molecule has 0 spiro atoms. The summed E-state index contributed by atoms with van der Waals surface area (Å²) in [6.45, 7) is 0.376. The molecule has 0 aliphatic rings. The Bertz CT molecular complexity index is 863. The molecule has 0 unspecified atom stereocenters. The molecule has 1 aromatic heterocycles. The van der Waals surface area contributed by atoms with Crippen molar-refractivity contribution in [1.29, 1.82) is 5.26 Å². The molecule has 0 fully saturated rings. The lowest BCUT2D eigenvalue weighted by molar-refractivity contribution is 0.0985. The van der Waals surface area contributed by atoms with E-state index in [1.165, 1.54) is 11.3 Å². The number of aromatic hydroxyl groups is 1. The molecule has 0 radical (unpaired) electrons. The number of thiophene rings is 1. The number of phenolic OH excluding ortho intramolecular Hbond substituents is 1. The predicted molar refractivity (Wildman–Crippen MR) is 94.1 cm³/mol. The van der Waals surface area contributed by atoms with Gasteiger partial charge in [0.15, 0.2) is 0 Å². The Kier molecular flexibility index (Phi) is 4.59. The van der Waals surface area contributed by atoms with Gasteiger partial charge in [-0.1, -0.05) is 12.1 Å². The summed E-state index contributed by atoms with van der Waals surface area (Å²) in [5.41, 5.74) is 2.80. The normalized spacial score (nSPS) is 10.1. The molecule has 24 heavy (non-hydrogen) atoms. The fraction of sp³-hybridized carbons (Fsp3) is 0.0526. The number of hydrogen-bond donors (Lipinski definition) is 1. The fourth-order valence-corrected chi connectivity index (χ4v) is 2.95. The molecule has 3 aromatic rings. The molecule has 118 valence electrons. The highest BCUT2D eigenvalue weighted by Crippen LogP contribution is 2.22. The third-order valence-corrected chi connectivity index (χ3v) is 4.28. The Morgan fingerprint density at radius 3 is 2.38 bits per heavy atom. The van der Waals surface area contributed by atoms with Crippen LogP contribution >= 0.6 is 11.3 Å². The second-order valence-corrected chi connectivity index (χ2v) is 6.01. The van der Waals surface area contributed by atoms with Gasteiger partial charge in [-0.15, -0.1) is 0 Å². The zero-order chi connectivity index (χ0) is 16.9. The van der Waals surface area contributed by atoms with Gasteiger partial charge in [0.05, 0.1) is 23.7 Å². The minimum Gasteiger partial charge on any atom is -0.508 e. The molecule has 2 aromatic carbocycles. The van der Waals surface area contributed by atoms with Crippen molar-refractivity contribution in [2.75, 3.05) is 4.90 Å². The predicted octanol–water partition coefficient (Wildman–Crippen LogP) is 4.17. The molecule has 1 heterocycles. The van der Waals surface area contributed by atoms with Gasteiger partial charge in [0.2, 0.25) is 0 Å². The van der Waals surface area contributed by atoms with Crippen LogP contribution in [0.25, 0.3) is 0 Å². The third-order valence-electron chi connectivity index (χ3n) is 3.60. The molecule has 3 rings (SSSR count). The summed E-state index contributed by atoms with van der Waals surface area (Å²) in [6, 6.07) is 17.6. The molecule has 1 amide bonds. The standard InChI is InChI=1S/C19H14N2O2S/c20-11-14-1-5-17(6-2-14)21(19(23)16-9-10-24-13-16)12-15-3-7-18(22)8-4-15/h1-10,13,22H,12H2. The van der Waals surface area contributed by atoms with Gasteiger partial charge in [0, 0.05) is 11.1 Å². The zero-order valence-corrected chi connectivity index (χ0v) is 13.5. The third kappa shape index (κ3) is 3.45. The van der Waals surface area contributed by atoms with Crippen molar-refractivity contribution in [2.24, 2.45) is 0 Å². The van der Waals surface area contributed by atoms with Gasteiger partial charge in [-0.05, 0) is 53.4 Å². The zero-order valence-electron chi connectivity index (χ0n) is 12.7. The largest absolute Gasteiger partial charge is 0.508 e. The van der Waals surface area contributed by atoms with Gasteiger partial charge < -0.3 is 10.0 Å². The fourth-order valence-electron chi connectivity index (χ4n) is 2.32. The van der Waals surface area contributed by atoms with Crippen LogP contribution < -0.4 is 4.90 Å². The number of carbonyl (C=O) groups is 1. The van der Waals surface area contributed by atoms with E-state index in [0.717, 1.165) is 11.3 Å². The first-order chi connectivity index (χ1) is 11.7. The van der Waals surface area contributed by atoms with Crippen LogP contribution in [0.3, 0.4) is 0 Å². The first kappa shape index (κ1) is 15.8. The van der Waals surface area contributed by atoms with Gasteiger partial charge in [-0.25, -0.2) is 0 Å². The van der Waals surface area contributed by atoms with Gasteiger partial charge in [-0.2, -0.15) is 16.6 Å². The molecule has 0 bridgehead atoms. The van der Waals surface area contributed by atoms with Gasteiger partial charge in [-0.3, -0.25) is 4.79 Å². The maximum atomic E-state index is 12.9. The Morgan fingerprint density at radius 1 is 1.08 bits per heavy atom. The Balaban J connectivity index is 1.94. The lowest BCUT2D eigenvalue weighted by Crippen LogP contribution is -2.30. The molecular formula is C19H14N2O2S. The highest BCUT2D eigenvalue weighted by Gasteiger charge is 2.18. The van der Waals surface area contributed by atoms with E-state index >= 15 is 0 Å². The van der Waals surface area contributed by atoms with Crippen LogP contribution in [0, 0.1) is 11.3 Å². The monoisotopic (exact) mass is 334 g/mol. The summed E-state index contributed by atoms with van der Waals surface area (Å²) < 4.78 is 0. The van der Waals surface area contributed by atoms with E-state index in [4.69, 9.17) is 5.26 Å². The molecule has 5 heteroatoms. The van der Waals surface area contributed by atoms with E-state index in [-0.39, 0.29) is 11.7 Å². The molecule has 4 nitrogen and oxygen atoms in total.